The predicted molar refractivity (Wildman–Crippen MR) is 80.7 cm³/mol. The van der Waals surface area contributed by atoms with Crippen molar-refractivity contribution >= 4 is 5.91 Å². The largest absolute Gasteiger partial charge is 0.375 e. The fourth-order valence-electron chi connectivity index (χ4n) is 2.38. The van der Waals surface area contributed by atoms with Crippen LogP contribution in [0.1, 0.15) is 36.2 Å². The van der Waals surface area contributed by atoms with E-state index in [0.29, 0.717) is 24.3 Å². The van der Waals surface area contributed by atoms with Gasteiger partial charge < -0.3 is 15.4 Å². The number of aromatic nitrogens is 1. The van der Waals surface area contributed by atoms with Crippen molar-refractivity contribution in [2.75, 3.05) is 19.7 Å². The molecule has 0 aliphatic carbocycles. The second kappa shape index (κ2) is 7.21. The minimum atomic E-state index is -0.0131. The Kier molecular flexibility index (Phi) is 5.32. The molecule has 2 atom stereocenters. The quantitative estimate of drug-likeness (QED) is 0.825. The van der Waals surface area contributed by atoms with Gasteiger partial charge in [0.15, 0.2) is 0 Å². The van der Waals surface area contributed by atoms with Crippen LogP contribution < -0.4 is 5.73 Å². The number of ether oxygens (including phenoxy) is 1. The van der Waals surface area contributed by atoms with Crippen molar-refractivity contribution in [1.82, 2.24) is 9.88 Å². The molecule has 0 bridgehead atoms. The third kappa shape index (κ3) is 3.81. The summed E-state index contributed by atoms with van der Waals surface area (Å²) in [6.45, 7) is 5.52. The van der Waals surface area contributed by atoms with Gasteiger partial charge in [-0.05, 0) is 19.4 Å². The first-order chi connectivity index (χ1) is 10.2. The zero-order chi connectivity index (χ0) is 15.2. The van der Waals surface area contributed by atoms with Gasteiger partial charge in [-0.25, -0.2) is 0 Å². The number of hydrogen-bond donors (Lipinski definition) is 1. The van der Waals surface area contributed by atoms with E-state index in [0.717, 1.165) is 6.42 Å². The van der Waals surface area contributed by atoms with Gasteiger partial charge in [0.25, 0.3) is 5.91 Å². The van der Waals surface area contributed by atoms with Crippen LogP contribution in [0.15, 0.2) is 18.5 Å². The third-order valence-electron chi connectivity index (χ3n) is 3.52. The lowest BCUT2D eigenvalue weighted by atomic mass is 10.1. The molecule has 2 heterocycles. The number of nitrogens with zero attached hydrogens (tertiary/aromatic N) is 2. The van der Waals surface area contributed by atoms with Crippen LogP contribution in [0.25, 0.3) is 0 Å². The molecule has 1 aromatic heterocycles. The first kappa shape index (κ1) is 15.5. The van der Waals surface area contributed by atoms with E-state index in [2.05, 4.69) is 23.7 Å². The number of pyridine rings is 1. The first-order valence-electron chi connectivity index (χ1n) is 7.22. The summed E-state index contributed by atoms with van der Waals surface area (Å²) in [4.78, 5) is 18.7. The number of hydrogen-bond acceptors (Lipinski definition) is 4. The summed E-state index contributed by atoms with van der Waals surface area (Å²) < 4.78 is 5.63. The number of nitrogens with two attached hydrogens (primary N) is 1. The SMILES string of the molecule is CCC1COC(C)CN1C(=O)c1cncc(C#CCN)c1. The van der Waals surface area contributed by atoms with Crippen LogP contribution in [-0.2, 0) is 4.74 Å². The van der Waals surface area contributed by atoms with Crippen molar-refractivity contribution in [3.05, 3.63) is 29.6 Å². The minimum Gasteiger partial charge on any atom is -0.375 e. The normalized spacial score (nSPS) is 21.6. The molecule has 0 spiro atoms. The van der Waals surface area contributed by atoms with Crippen LogP contribution in [0.5, 0.6) is 0 Å². The number of carbonyl (C=O) groups excluding carboxylic acids is 1. The van der Waals surface area contributed by atoms with Crippen molar-refractivity contribution < 1.29 is 9.53 Å². The molecule has 112 valence electrons. The molecule has 2 rings (SSSR count). The van der Waals surface area contributed by atoms with E-state index in [1.165, 1.54) is 0 Å². The predicted octanol–water partition coefficient (Wildman–Crippen LogP) is 1.03. The molecule has 5 nitrogen and oxygen atoms in total. The van der Waals surface area contributed by atoms with E-state index in [1.807, 2.05) is 11.8 Å². The highest BCUT2D eigenvalue weighted by atomic mass is 16.5. The molecule has 0 radical (unpaired) electrons. The highest BCUT2D eigenvalue weighted by Crippen LogP contribution is 2.18. The molecule has 21 heavy (non-hydrogen) atoms. The molecule has 0 aromatic carbocycles. The lowest BCUT2D eigenvalue weighted by molar-refractivity contribution is -0.0444. The van der Waals surface area contributed by atoms with Crippen molar-refractivity contribution in [3.63, 3.8) is 0 Å². The van der Waals surface area contributed by atoms with Gasteiger partial charge in [0.1, 0.15) is 0 Å². The third-order valence-corrected chi connectivity index (χ3v) is 3.52. The summed E-state index contributed by atoms with van der Waals surface area (Å²) in [7, 11) is 0. The Balaban J connectivity index is 2.21. The number of carbonyl (C=O) groups is 1. The molecule has 0 saturated carbocycles. The zero-order valence-electron chi connectivity index (χ0n) is 12.5. The van der Waals surface area contributed by atoms with Crippen LogP contribution in [0.4, 0.5) is 0 Å². The van der Waals surface area contributed by atoms with E-state index >= 15 is 0 Å². The summed E-state index contributed by atoms with van der Waals surface area (Å²) in [5, 5.41) is 0. The Hall–Kier alpha value is -1.90. The van der Waals surface area contributed by atoms with Crippen molar-refractivity contribution in [2.45, 2.75) is 32.4 Å². The summed E-state index contributed by atoms with van der Waals surface area (Å²) in [5.74, 6) is 5.66. The van der Waals surface area contributed by atoms with Gasteiger partial charge in [0, 0.05) is 24.5 Å². The maximum Gasteiger partial charge on any atom is 0.255 e. The van der Waals surface area contributed by atoms with Gasteiger partial charge in [0.05, 0.1) is 30.9 Å². The zero-order valence-corrected chi connectivity index (χ0v) is 12.5. The van der Waals surface area contributed by atoms with Crippen LogP contribution in [-0.4, -0.2) is 47.6 Å². The molecule has 1 amide bonds. The van der Waals surface area contributed by atoms with Gasteiger partial charge >= 0.3 is 0 Å². The summed E-state index contributed by atoms with van der Waals surface area (Å²) in [6, 6.07) is 1.89. The summed E-state index contributed by atoms with van der Waals surface area (Å²) in [6.07, 6.45) is 4.16. The van der Waals surface area contributed by atoms with Crippen molar-refractivity contribution in [1.29, 1.82) is 0 Å². The monoisotopic (exact) mass is 287 g/mol. The van der Waals surface area contributed by atoms with Gasteiger partial charge in [0.2, 0.25) is 0 Å². The van der Waals surface area contributed by atoms with Gasteiger partial charge in [-0.15, -0.1) is 0 Å². The molecule has 1 aromatic rings. The second-order valence-electron chi connectivity index (χ2n) is 5.13. The minimum absolute atomic E-state index is 0.0131. The molecule has 1 saturated heterocycles. The van der Waals surface area contributed by atoms with E-state index in [9.17, 15) is 4.79 Å². The van der Waals surface area contributed by atoms with E-state index < -0.39 is 0 Å². The van der Waals surface area contributed by atoms with Gasteiger partial charge in [-0.1, -0.05) is 18.8 Å². The van der Waals surface area contributed by atoms with E-state index in [4.69, 9.17) is 10.5 Å². The maximum absolute atomic E-state index is 12.7. The second-order valence-corrected chi connectivity index (χ2v) is 5.13. The van der Waals surface area contributed by atoms with Gasteiger partial charge in [-0.2, -0.15) is 0 Å². The molecule has 1 fully saturated rings. The van der Waals surface area contributed by atoms with Crippen LogP contribution >= 0.6 is 0 Å². The molecule has 2 unspecified atom stereocenters. The van der Waals surface area contributed by atoms with E-state index in [1.54, 1.807) is 18.5 Å². The molecule has 1 aliphatic rings. The molecule has 1 aliphatic heterocycles. The standard InChI is InChI=1S/C16H21N3O2/c1-3-15-11-21-12(2)10-19(15)16(20)14-7-13(5-4-6-17)8-18-9-14/h7-9,12,15H,3,6,10-11,17H2,1-2H3. The topological polar surface area (TPSA) is 68.5 Å². The average Bonchev–Trinajstić information content (AvgIpc) is 2.52. The van der Waals surface area contributed by atoms with Gasteiger partial charge in [-0.3, -0.25) is 9.78 Å². The number of morpholine rings is 1. The molecule has 2 N–H and O–H groups in total. The van der Waals surface area contributed by atoms with Crippen LogP contribution in [0.3, 0.4) is 0 Å². The highest BCUT2D eigenvalue weighted by Gasteiger charge is 2.30. The molecular formula is C16H21N3O2. The lowest BCUT2D eigenvalue weighted by Gasteiger charge is -2.38. The Morgan fingerprint density at radius 2 is 2.38 bits per heavy atom. The summed E-state index contributed by atoms with van der Waals surface area (Å²) in [5.41, 5.74) is 6.63. The smallest absolute Gasteiger partial charge is 0.255 e. The van der Waals surface area contributed by atoms with Crippen molar-refractivity contribution in [3.8, 4) is 11.8 Å². The Labute approximate surface area is 125 Å². The molecule has 5 heteroatoms. The highest BCUT2D eigenvalue weighted by molar-refractivity contribution is 5.94. The van der Waals surface area contributed by atoms with E-state index in [-0.39, 0.29) is 24.6 Å². The first-order valence-corrected chi connectivity index (χ1v) is 7.22. The fourth-order valence-corrected chi connectivity index (χ4v) is 2.38. The Morgan fingerprint density at radius 3 is 3.10 bits per heavy atom. The Morgan fingerprint density at radius 1 is 1.57 bits per heavy atom. The number of rotatable bonds is 2. The van der Waals surface area contributed by atoms with Crippen LogP contribution in [0, 0.1) is 11.8 Å². The fraction of sp³-hybridized carbons (Fsp3) is 0.500. The molecular weight excluding hydrogens is 266 g/mol. The van der Waals surface area contributed by atoms with Crippen LogP contribution in [0.2, 0.25) is 0 Å². The number of amides is 1. The summed E-state index contributed by atoms with van der Waals surface area (Å²) >= 11 is 0. The average molecular weight is 287 g/mol. The Bertz CT molecular complexity index is 562. The lowest BCUT2D eigenvalue weighted by Crippen LogP contribution is -2.51. The van der Waals surface area contributed by atoms with Crippen molar-refractivity contribution in [2.24, 2.45) is 5.73 Å². The maximum atomic E-state index is 12.7.